The number of hydrogen-bond donors (Lipinski definition) is 0. The standard InChI is InChI=1S/C18H13BrO/c19-17(14-8-3-1-4-9-14)13-7-12-16-18(17,20-16)15-10-5-2-6-11-15/h1-13H. The summed E-state index contributed by atoms with van der Waals surface area (Å²) in [6.45, 7) is 0. The molecule has 98 valence electrons. The molecular formula is C18H13BrO. The summed E-state index contributed by atoms with van der Waals surface area (Å²) in [4.78, 5) is 0. The Kier molecular flexibility index (Phi) is 2.45. The van der Waals surface area contributed by atoms with Gasteiger partial charge in [0.15, 0.2) is 0 Å². The van der Waals surface area contributed by atoms with Gasteiger partial charge in [0.1, 0.15) is 10.1 Å². The second kappa shape index (κ2) is 4.10. The van der Waals surface area contributed by atoms with Gasteiger partial charge in [-0.25, -0.2) is 0 Å². The lowest BCUT2D eigenvalue weighted by Gasteiger charge is -2.31. The van der Waals surface area contributed by atoms with Crippen molar-refractivity contribution in [1.29, 1.82) is 0 Å². The number of alkyl halides is 1. The maximum atomic E-state index is 6.07. The van der Waals surface area contributed by atoms with E-state index in [4.69, 9.17) is 4.74 Å². The van der Waals surface area contributed by atoms with Crippen LogP contribution in [0.25, 0.3) is 0 Å². The van der Waals surface area contributed by atoms with E-state index >= 15 is 0 Å². The van der Waals surface area contributed by atoms with Crippen LogP contribution < -0.4 is 0 Å². The second-order valence-corrected chi connectivity index (χ2v) is 6.37. The first kappa shape index (κ1) is 12.0. The number of epoxide rings is 1. The zero-order valence-corrected chi connectivity index (χ0v) is 12.4. The summed E-state index contributed by atoms with van der Waals surface area (Å²) in [6.07, 6.45) is 6.28. The molecule has 0 saturated carbocycles. The molecule has 2 aromatic rings. The molecule has 0 spiro atoms. The Labute approximate surface area is 126 Å². The molecule has 0 aromatic heterocycles. The monoisotopic (exact) mass is 324 g/mol. The van der Waals surface area contributed by atoms with Gasteiger partial charge in [0.05, 0.1) is 0 Å². The summed E-state index contributed by atoms with van der Waals surface area (Å²) in [5, 5.41) is 0. The average Bonchev–Trinajstić information content (AvgIpc) is 3.27. The third kappa shape index (κ3) is 1.43. The van der Waals surface area contributed by atoms with E-state index in [1.165, 1.54) is 11.1 Å². The molecule has 0 amide bonds. The summed E-state index contributed by atoms with van der Waals surface area (Å²) in [5.74, 6) is 1.02. The molecule has 1 nitrogen and oxygen atoms in total. The van der Waals surface area contributed by atoms with Crippen LogP contribution in [0, 0.1) is 0 Å². The molecule has 2 unspecified atom stereocenters. The Morgan fingerprint density at radius 1 is 0.800 bits per heavy atom. The molecule has 1 saturated heterocycles. The normalized spacial score (nSPS) is 30.1. The Hall–Kier alpha value is -1.80. The largest absolute Gasteiger partial charge is 0.472 e. The zero-order valence-electron chi connectivity index (χ0n) is 10.8. The highest BCUT2D eigenvalue weighted by Crippen LogP contribution is 2.66. The van der Waals surface area contributed by atoms with E-state index in [2.05, 4.69) is 82.7 Å². The summed E-state index contributed by atoms with van der Waals surface area (Å²) in [6, 6.07) is 20.8. The molecule has 0 radical (unpaired) electrons. The van der Waals surface area contributed by atoms with Crippen LogP contribution in [-0.2, 0) is 14.7 Å². The molecule has 2 aliphatic rings. The van der Waals surface area contributed by atoms with E-state index in [1.54, 1.807) is 0 Å². The highest BCUT2D eigenvalue weighted by Gasteiger charge is 2.68. The van der Waals surface area contributed by atoms with Crippen molar-refractivity contribution in [1.82, 2.24) is 0 Å². The van der Waals surface area contributed by atoms with Gasteiger partial charge in [0, 0.05) is 5.56 Å². The average molecular weight is 325 g/mol. The van der Waals surface area contributed by atoms with Crippen molar-refractivity contribution in [3.63, 3.8) is 0 Å². The van der Waals surface area contributed by atoms with Crippen LogP contribution in [0.4, 0.5) is 0 Å². The van der Waals surface area contributed by atoms with Crippen molar-refractivity contribution in [3.05, 3.63) is 95.8 Å². The fraction of sp³-hybridized carbons (Fsp3) is 0.111. The number of rotatable bonds is 2. The number of halogens is 1. The molecule has 1 aliphatic carbocycles. The molecule has 1 fully saturated rings. The lowest BCUT2D eigenvalue weighted by atomic mass is 9.78. The van der Waals surface area contributed by atoms with E-state index in [1.807, 2.05) is 12.1 Å². The highest BCUT2D eigenvalue weighted by atomic mass is 79.9. The van der Waals surface area contributed by atoms with Gasteiger partial charge in [-0.3, -0.25) is 0 Å². The Morgan fingerprint density at radius 2 is 1.40 bits per heavy atom. The first-order chi connectivity index (χ1) is 9.77. The number of hydrogen-bond acceptors (Lipinski definition) is 1. The maximum absolute atomic E-state index is 6.07. The molecule has 0 bridgehead atoms. The fourth-order valence-corrected chi connectivity index (χ4v) is 3.92. The summed E-state index contributed by atoms with van der Waals surface area (Å²) in [7, 11) is 0. The van der Waals surface area contributed by atoms with E-state index in [0.717, 1.165) is 5.76 Å². The number of allylic oxidation sites excluding steroid dienone is 2. The van der Waals surface area contributed by atoms with E-state index in [9.17, 15) is 0 Å². The topological polar surface area (TPSA) is 12.5 Å². The minimum absolute atomic E-state index is 0.354. The van der Waals surface area contributed by atoms with Gasteiger partial charge >= 0.3 is 0 Å². The number of benzene rings is 2. The Balaban J connectivity index is 1.92. The quantitative estimate of drug-likeness (QED) is 0.578. The Morgan fingerprint density at radius 3 is 2.05 bits per heavy atom. The lowest BCUT2D eigenvalue weighted by Crippen LogP contribution is -2.34. The molecule has 4 rings (SSSR count). The van der Waals surface area contributed by atoms with Crippen LogP contribution in [0.2, 0.25) is 0 Å². The van der Waals surface area contributed by atoms with Crippen LogP contribution in [-0.4, -0.2) is 0 Å². The van der Waals surface area contributed by atoms with Gasteiger partial charge in [0.2, 0.25) is 5.60 Å². The molecule has 1 aliphatic heterocycles. The van der Waals surface area contributed by atoms with Gasteiger partial charge in [-0.05, 0) is 11.6 Å². The number of fused-ring (bicyclic) bond motifs is 1. The summed E-state index contributed by atoms with van der Waals surface area (Å²) < 4.78 is 5.72. The predicted octanol–water partition coefficient (Wildman–Crippen LogP) is 4.66. The lowest BCUT2D eigenvalue weighted by molar-refractivity contribution is 0.278. The second-order valence-electron chi connectivity index (χ2n) is 5.12. The molecule has 2 aromatic carbocycles. The van der Waals surface area contributed by atoms with Gasteiger partial charge in [-0.15, -0.1) is 0 Å². The predicted molar refractivity (Wildman–Crippen MR) is 83.5 cm³/mol. The van der Waals surface area contributed by atoms with E-state index < -0.39 is 5.60 Å². The van der Waals surface area contributed by atoms with Crippen molar-refractivity contribution in [3.8, 4) is 0 Å². The molecule has 1 heterocycles. The fourth-order valence-electron chi connectivity index (χ4n) is 2.99. The molecule has 2 atom stereocenters. The van der Waals surface area contributed by atoms with Crippen LogP contribution in [0.15, 0.2) is 84.7 Å². The third-order valence-electron chi connectivity index (χ3n) is 4.03. The Bertz CT molecular complexity index is 665. The van der Waals surface area contributed by atoms with E-state index in [-0.39, 0.29) is 4.32 Å². The maximum Gasteiger partial charge on any atom is 0.213 e. The summed E-state index contributed by atoms with van der Waals surface area (Å²) >= 11 is 3.95. The van der Waals surface area contributed by atoms with Gasteiger partial charge < -0.3 is 4.74 Å². The van der Waals surface area contributed by atoms with Crippen molar-refractivity contribution >= 4 is 15.9 Å². The summed E-state index contributed by atoms with van der Waals surface area (Å²) in [5.41, 5.74) is 1.96. The van der Waals surface area contributed by atoms with Crippen molar-refractivity contribution < 1.29 is 4.74 Å². The van der Waals surface area contributed by atoms with Crippen LogP contribution in [0.1, 0.15) is 11.1 Å². The number of ether oxygens (including phenoxy) is 1. The van der Waals surface area contributed by atoms with Crippen molar-refractivity contribution in [2.75, 3.05) is 0 Å². The highest BCUT2D eigenvalue weighted by molar-refractivity contribution is 9.09. The van der Waals surface area contributed by atoms with Crippen LogP contribution in [0.5, 0.6) is 0 Å². The third-order valence-corrected chi connectivity index (χ3v) is 5.31. The van der Waals surface area contributed by atoms with Gasteiger partial charge in [0.25, 0.3) is 0 Å². The first-order valence-electron chi connectivity index (χ1n) is 6.66. The minimum Gasteiger partial charge on any atom is -0.472 e. The minimum atomic E-state index is -0.412. The van der Waals surface area contributed by atoms with Crippen LogP contribution >= 0.6 is 15.9 Å². The SMILES string of the molecule is BrC1(c2ccccc2)C=CC=C2OC21c1ccccc1. The smallest absolute Gasteiger partial charge is 0.213 e. The first-order valence-corrected chi connectivity index (χ1v) is 7.46. The van der Waals surface area contributed by atoms with Crippen LogP contribution in [0.3, 0.4) is 0 Å². The van der Waals surface area contributed by atoms with Gasteiger partial charge in [-0.1, -0.05) is 88.7 Å². The molecule has 0 N–H and O–H groups in total. The van der Waals surface area contributed by atoms with Crippen molar-refractivity contribution in [2.24, 2.45) is 0 Å². The molecule has 2 heteroatoms. The zero-order chi connectivity index (χ0) is 13.6. The van der Waals surface area contributed by atoms with E-state index in [0.29, 0.717) is 0 Å². The molecule has 20 heavy (non-hydrogen) atoms. The van der Waals surface area contributed by atoms with Gasteiger partial charge in [-0.2, -0.15) is 0 Å². The molecular weight excluding hydrogens is 312 g/mol. The van der Waals surface area contributed by atoms with Crippen molar-refractivity contribution in [2.45, 2.75) is 9.93 Å².